The van der Waals surface area contributed by atoms with E-state index in [0.29, 0.717) is 0 Å². The van der Waals surface area contributed by atoms with Gasteiger partial charge < -0.3 is 4.74 Å². The molecule has 0 saturated carbocycles. The average Bonchev–Trinajstić information content (AvgIpc) is 2.28. The van der Waals surface area contributed by atoms with Crippen molar-refractivity contribution >= 4 is 16.8 Å². The van der Waals surface area contributed by atoms with Crippen molar-refractivity contribution in [2.24, 2.45) is 0 Å². The molecule has 1 aliphatic rings. The molecule has 16 heavy (non-hydrogen) atoms. The number of hydrogen-bond donors (Lipinski definition) is 0. The molecule has 1 nitrogen and oxygen atoms in total. The molecule has 0 aromatic heterocycles. The quantitative estimate of drug-likeness (QED) is 0.638. The van der Waals surface area contributed by atoms with E-state index in [-0.39, 0.29) is 5.60 Å². The fourth-order valence-electron chi connectivity index (χ4n) is 2.09. The molecule has 0 unspecified atom stereocenters. The third-order valence-corrected chi connectivity index (χ3v) is 2.94. The van der Waals surface area contributed by atoms with E-state index in [0.717, 1.165) is 11.3 Å². The van der Waals surface area contributed by atoms with Crippen LogP contribution in [-0.4, -0.2) is 5.60 Å². The standard InChI is InChI=1S/C15H14O/c1-15(2)10-9-12-8-7-11-5-3-4-6-13(11)14(12)16-15/h3-10H,1-2H3. The van der Waals surface area contributed by atoms with E-state index in [1.165, 1.54) is 10.8 Å². The van der Waals surface area contributed by atoms with Gasteiger partial charge in [-0.2, -0.15) is 0 Å². The first-order chi connectivity index (χ1) is 7.66. The summed E-state index contributed by atoms with van der Waals surface area (Å²) in [6.45, 7) is 4.16. The Hall–Kier alpha value is -1.76. The van der Waals surface area contributed by atoms with Crippen molar-refractivity contribution in [2.75, 3.05) is 0 Å². The van der Waals surface area contributed by atoms with E-state index >= 15 is 0 Å². The lowest BCUT2D eigenvalue weighted by Gasteiger charge is -2.28. The molecule has 0 fully saturated rings. The molecule has 0 amide bonds. The van der Waals surface area contributed by atoms with Crippen LogP contribution in [0.25, 0.3) is 16.8 Å². The normalized spacial score (nSPS) is 16.9. The van der Waals surface area contributed by atoms with Crippen LogP contribution in [-0.2, 0) is 0 Å². The van der Waals surface area contributed by atoms with Crippen LogP contribution in [0.5, 0.6) is 5.75 Å². The molecule has 0 atom stereocenters. The number of benzene rings is 2. The molecule has 0 saturated heterocycles. The maximum Gasteiger partial charge on any atom is 0.135 e. The van der Waals surface area contributed by atoms with E-state index in [9.17, 15) is 0 Å². The number of fused-ring (bicyclic) bond motifs is 3. The zero-order valence-electron chi connectivity index (χ0n) is 9.53. The molecule has 0 radical (unpaired) electrons. The zero-order valence-corrected chi connectivity index (χ0v) is 9.53. The minimum Gasteiger partial charge on any atom is -0.483 e. The van der Waals surface area contributed by atoms with Gasteiger partial charge in [0.25, 0.3) is 0 Å². The van der Waals surface area contributed by atoms with E-state index < -0.39 is 0 Å². The molecule has 0 N–H and O–H groups in total. The molecule has 1 aliphatic heterocycles. The summed E-state index contributed by atoms with van der Waals surface area (Å²) in [5.41, 5.74) is 0.954. The van der Waals surface area contributed by atoms with E-state index in [1.54, 1.807) is 0 Å². The maximum atomic E-state index is 6.05. The fraction of sp³-hybridized carbons (Fsp3) is 0.200. The van der Waals surface area contributed by atoms with Crippen LogP contribution < -0.4 is 4.74 Å². The lowest BCUT2D eigenvalue weighted by atomic mass is 9.99. The second kappa shape index (κ2) is 3.11. The minimum atomic E-state index is -0.211. The van der Waals surface area contributed by atoms with Gasteiger partial charge in [-0.1, -0.05) is 42.5 Å². The summed E-state index contributed by atoms with van der Waals surface area (Å²) in [6.07, 6.45) is 4.25. The van der Waals surface area contributed by atoms with Crippen LogP contribution in [0, 0.1) is 0 Å². The van der Waals surface area contributed by atoms with Crippen LogP contribution in [0.1, 0.15) is 19.4 Å². The highest BCUT2D eigenvalue weighted by Gasteiger charge is 2.22. The maximum absolute atomic E-state index is 6.05. The molecule has 1 heteroatoms. The highest BCUT2D eigenvalue weighted by Crippen LogP contribution is 2.36. The van der Waals surface area contributed by atoms with Crippen molar-refractivity contribution in [3.8, 4) is 5.75 Å². The van der Waals surface area contributed by atoms with Crippen LogP contribution in [0.2, 0.25) is 0 Å². The van der Waals surface area contributed by atoms with Gasteiger partial charge in [0.1, 0.15) is 11.4 Å². The van der Waals surface area contributed by atoms with Crippen molar-refractivity contribution in [2.45, 2.75) is 19.4 Å². The van der Waals surface area contributed by atoms with Crippen molar-refractivity contribution in [3.05, 3.63) is 48.0 Å². The minimum absolute atomic E-state index is 0.211. The lowest BCUT2D eigenvalue weighted by Crippen LogP contribution is -2.27. The smallest absolute Gasteiger partial charge is 0.135 e. The van der Waals surface area contributed by atoms with Crippen molar-refractivity contribution in [1.82, 2.24) is 0 Å². The Kier molecular flexibility index (Phi) is 1.84. The molecule has 0 spiro atoms. The summed E-state index contributed by atoms with van der Waals surface area (Å²) in [5, 5.41) is 2.42. The van der Waals surface area contributed by atoms with Gasteiger partial charge in [0.2, 0.25) is 0 Å². The van der Waals surface area contributed by atoms with Gasteiger partial charge in [-0.15, -0.1) is 0 Å². The first kappa shape index (κ1) is 9.46. The molecule has 0 bridgehead atoms. The summed E-state index contributed by atoms with van der Waals surface area (Å²) in [7, 11) is 0. The van der Waals surface area contributed by atoms with Crippen LogP contribution in [0.3, 0.4) is 0 Å². The second-order valence-corrected chi connectivity index (χ2v) is 4.74. The summed E-state index contributed by atoms with van der Waals surface area (Å²) >= 11 is 0. The molecule has 80 valence electrons. The van der Waals surface area contributed by atoms with Crippen LogP contribution in [0.15, 0.2) is 42.5 Å². The van der Waals surface area contributed by atoms with E-state index in [4.69, 9.17) is 4.74 Å². The fourth-order valence-corrected chi connectivity index (χ4v) is 2.09. The first-order valence-electron chi connectivity index (χ1n) is 5.56. The highest BCUT2D eigenvalue weighted by atomic mass is 16.5. The summed E-state index contributed by atoms with van der Waals surface area (Å²) in [4.78, 5) is 0. The van der Waals surface area contributed by atoms with E-state index in [1.807, 2.05) is 0 Å². The Morgan fingerprint density at radius 1 is 1.00 bits per heavy atom. The molecule has 2 aromatic carbocycles. The van der Waals surface area contributed by atoms with Crippen molar-refractivity contribution in [3.63, 3.8) is 0 Å². The van der Waals surface area contributed by atoms with Gasteiger partial charge in [-0.05, 0) is 25.3 Å². The predicted octanol–water partition coefficient (Wildman–Crippen LogP) is 4.02. The summed E-state index contributed by atoms with van der Waals surface area (Å²) < 4.78 is 6.05. The second-order valence-electron chi connectivity index (χ2n) is 4.74. The highest BCUT2D eigenvalue weighted by molar-refractivity contribution is 5.92. The summed E-state index contributed by atoms with van der Waals surface area (Å²) in [5.74, 6) is 1.01. The molecular formula is C15H14O. The third-order valence-electron chi connectivity index (χ3n) is 2.94. The zero-order chi connectivity index (χ0) is 11.2. The van der Waals surface area contributed by atoms with Crippen molar-refractivity contribution in [1.29, 1.82) is 0 Å². The van der Waals surface area contributed by atoms with Gasteiger partial charge in [-0.3, -0.25) is 0 Å². The Bertz CT molecular complexity index is 579. The third kappa shape index (κ3) is 1.40. The Labute approximate surface area is 95.4 Å². The number of rotatable bonds is 0. The van der Waals surface area contributed by atoms with Crippen molar-refractivity contribution < 1.29 is 4.74 Å². The van der Waals surface area contributed by atoms with Crippen LogP contribution in [0.4, 0.5) is 0 Å². The van der Waals surface area contributed by atoms with Gasteiger partial charge in [-0.25, -0.2) is 0 Å². The van der Waals surface area contributed by atoms with Crippen LogP contribution >= 0.6 is 0 Å². The van der Waals surface area contributed by atoms with Gasteiger partial charge >= 0.3 is 0 Å². The SMILES string of the molecule is CC1(C)C=Cc2ccc3ccccc3c2O1. The molecule has 3 rings (SSSR count). The number of hydrogen-bond acceptors (Lipinski definition) is 1. The molecule has 2 aromatic rings. The Morgan fingerprint density at radius 2 is 1.81 bits per heavy atom. The topological polar surface area (TPSA) is 9.23 Å². The Morgan fingerprint density at radius 3 is 2.69 bits per heavy atom. The average molecular weight is 210 g/mol. The monoisotopic (exact) mass is 210 g/mol. The lowest BCUT2D eigenvalue weighted by molar-refractivity contribution is 0.161. The van der Waals surface area contributed by atoms with Gasteiger partial charge in [0, 0.05) is 10.9 Å². The molecule has 0 aliphatic carbocycles. The van der Waals surface area contributed by atoms with Gasteiger partial charge in [0.15, 0.2) is 0 Å². The van der Waals surface area contributed by atoms with E-state index in [2.05, 4.69) is 62.4 Å². The Balaban J connectivity index is 2.31. The molecule has 1 heterocycles. The molecular weight excluding hydrogens is 196 g/mol. The largest absolute Gasteiger partial charge is 0.483 e. The number of ether oxygens (including phenoxy) is 1. The summed E-state index contributed by atoms with van der Waals surface area (Å²) in [6, 6.07) is 12.6. The van der Waals surface area contributed by atoms with Gasteiger partial charge in [0.05, 0.1) is 0 Å². The first-order valence-corrected chi connectivity index (χ1v) is 5.56. The predicted molar refractivity (Wildman–Crippen MR) is 67.7 cm³/mol.